The molecule has 0 fully saturated rings. The van der Waals surface area contributed by atoms with Gasteiger partial charge in [0.2, 0.25) is 0 Å². The summed E-state index contributed by atoms with van der Waals surface area (Å²) in [6, 6.07) is 5.96. The molecule has 0 saturated carbocycles. The summed E-state index contributed by atoms with van der Waals surface area (Å²) in [6.45, 7) is 6.61. The molecule has 1 aromatic rings. The highest BCUT2D eigenvalue weighted by Crippen LogP contribution is 2.22. The van der Waals surface area contributed by atoms with Crippen molar-refractivity contribution in [3.63, 3.8) is 0 Å². The Morgan fingerprint density at radius 2 is 2.47 bits per heavy atom. The molecule has 3 heteroatoms. The van der Waals surface area contributed by atoms with Gasteiger partial charge in [-0.3, -0.25) is 4.79 Å². The van der Waals surface area contributed by atoms with Gasteiger partial charge in [-0.1, -0.05) is 6.08 Å². The highest BCUT2D eigenvalue weighted by atomic mass is 16.1. The van der Waals surface area contributed by atoms with Crippen LogP contribution in [0.2, 0.25) is 0 Å². The van der Waals surface area contributed by atoms with Crippen LogP contribution in [0.1, 0.15) is 29.3 Å². The summed E-state index contributed by atoms with van der Waals surface area (Å²) < 4.78 is 0. The van der Waals surface area contributed by atoms with Gasteiger partial charge in [0.1, 0.15) is 0 Å². The standard InChI is InChI=1S/C14H18N2O/c1-3-4-10(2)16-14(17)12-5-6-13-11(9-12)7-8-15-13/h3,5-6,9-10,15H,1,4,7-8H2,2H3,(H,16,17). The van der Waals surface area contributed by atoms with E-state index in [2.05, 4.69) is 17.2 Å². The Labute approximate surface area is 102 Å². The van der Waals surface area contributed by atoms with E-state index in [1.807, 2.05) is 31.2 Å². The van der Waals surface area contributed by atoms with Crippen LogP contribution in [-0.4, -0.2) is 18.5 Å². The van der Waals surface area contributed by atoms with Crippen LogP contribution in [0.3, 0.4) is 0 Å². The number of carbonyl (C=O) groups excluding carboxylic acids is 1. The van der Waals surface area contributed by atoms with Gasteiger partial charge in [-0.25, -0.2) is 0 Å². The topological polar surface area (TPSA) is 41.1 Å². The van der Waals surface area contributed by atoms with E-state index in [4.69, 9.17) is 0 Å². The molecule has 0 spiro atoms. The van der Waals surface area contributed by atoms with E-state index in [9.17, 15) is 4.79 Å². The quantitative estimate of drug-likeness (QED) is 0.780. The van der Waals surface area contributed by atoms with Crippen LogP contribution in [0.15, 0.2) is 30.9 Å². The van der Waals surface area contributed by atoms with Crippen LogP contribution in [0, 0.1) is 0 Å². The van der Waals surface area contributed by atoms with Gasteiger partial charge >= 0.3 is 0 Å². The fourth-order valence-corrected chi connectivity index (χ4v) is 2.06. The van der Waals surface area contributed by atoms with E-state index >= 15 is 0 Å². The van der Waals surface area contributed by atoms with E-state index in [-0.39, 0.29) is 11.9 Å². The van der Waals surface area contributed by atoms with Crippen LogP contribution in [-0.2, 0) is 6.42 Å². The zero-order chi connectivity index (χ0) is 12.3. The lowest BCUT2D eigenvalue weighted by atomic mass is 10.1. The average molecular weight is 230 g/mol. The van der Waals surface area contributed by atoms with Gasteiger partial charge in [0.05, 0.1) is 0 Å². The number of rotatable bonds is 4. The van der Waals surface area contributed by atoms with E-state index in [0.717, 1.165) is 30.6 Å². The summed E-state index contributed by atoms with van der Waals surface area (Å²) in [7, 11) is 0. The third kappa shape index (κ3) is 2.67. The number of amides is 1. The summed E-state index contributed by atoms with van der Waals surface area (Å²) in [6.07, 6.45) is 3.61. The van der Waals surface area contributed by atoms with Gasteiger partial charge in [0.25, 0.3) is 5.91 Å². The highest BCUT2D eigenvalue weighted by molar-refractivity contribution is 5.95. The molecule has 0 bridgehead atoms. The van der Waals surface area contributed by atoms with Crippen LogP contribution >= 0.6 is 0 Å². The number of benzene rings is 1. The Bertz CT molecular complexity index is 440. The molecule has 17 heavy (non-hydrogen) atoms. The molecule has 2 rings (SSSR count). The molecule has 0 aromatic heterocycles. The van der Waals surface area contributed by atoms with Crippen molar-refractivity contribution >= 4 is 11.6 Å². The molecule has 1 aliphatic heterocycles. The lowest BCUT2D eigenvalue weighted by Gasteiger charge is -2.12. The third-order valence-corrected chi connectivity index (χ3v) is 2.97. The van der Waals surface area contributed by atoms with Crippen LogP contribution in [0.4, 0.5) is 5.69 Å². The first-order valence-corrected chi connectivity index (χ1v) is 5.99. The average Bonchev–Trinajstić information content (AvgIpc) is 2.75. The van der Waals surface area contributed by atoms with Gasteiger partial charge in [0.15, 0.2) is 0 Å². The predicted molar refractivity (Wildman–Crippen MR) is 70.4 cm³/mol. The molecule has 1 heterocycles. The minimum Gasteiger partial charge on any atom is -0.384 e. The summed E-state index contributed by atoms with van der Waals surface area (Å²) >= 11 is 0. The van der Waals surface area contributed by atoms with Gasteiger partial charge in [0, 0.05) is 23.8 Å². The maximum atomic E-state index is 12.0. The van der Waals surface area contributed by atoms with Gasteiger partial charge in [-0.2, -0.15) is 0 Å². The molecule has 1 aliphatic rings. The van der Waals surface area contributed by atoms with E-state index in [1.165, 1.54) is 5.56 Å². The number of hydrogen-bond donors (Lipinski definition) is 2. The second-order valence-electron chi connectivity index (χ2n) is 4.45. The molecule has 2 N–H and O–H groups in total. The number of nitrogens with one attached hydrogen (secondary N) is 2. The third-order valence-electron chi connectivity index (χ3n) is 2.97. The Morgan fingerprint density at radius 3 is 3.24 bits per heavy atom. The SMILES string of the molecule is C=CCC(C)NC(=O)c1ccc2c(c1)CCN2. The van der Waals surface area contributed by atoms with Crippen molar-refractivity contribution in [3.05, 3.63) is 42.0 Å². The molecule has 90 valence electrons. The molecule has 0 radical (unpaired) electrons. The zero-order valence-electron chi connectivity index (χ0n) is 10.1. The van der Waals surface area contributed by atoms with Gasteiger partial charge in [-0.05, 0) is 43.5 Å². The molecule has 1 aromatic carbocycles. The molecule has 1 amide bonds. The van der Waals surface area contributed by atoms with Crippen LogP contribution in [0.5, 0.6) is 0 Å². The van der Waals surface area contributed by atoms with E-state index < -0.39 is 0 Å². The fraction of sp³-hybridized carbons (Fsp3) is 0.357. The normalized spacial score (nSPS) is 14.6. The summed E-state index contributed by atoms with van der Waals surface area (Å²) in [5, 5.41) is 6.24. The molecule has 1 atom stereocenters. The van der Waals surface area contributed by atoms with Crippen molar-refractivity contribution in [2.24, 2.45) is 0 Å². The summed E-state index contributed by atoms with van der Waals surface area (Å²) in [4.78, 5) is 12.0. The number of carbonyl (C=O) groups is 1. The molecule has 3 nitrogen and oxygen atoms in total. The maximum absolute atomic E-state index is 12.0. The van der Waals surface area contributed by atoms with Crippen molar-refractivity contribution in [3.8, 4) is 0 Å². The van der Waals surface area contributed by atoms with E-state index in [1.54, 1.807) is 0 Å². The van der Waals surface area contributed by atoms with Gasteiger partial charge < -0.3 is 10.6 Å². The Morgan fingerprint density at radius 1 is 1.65 bits per heavy atom. The Balaban J connectivity index is 2.07. The first kappa shape index (κ1) is 11.7. The van der Waals surface area contributed by atoms with Crippen LogP contribution < -0.4 is 10.6 Å². The lowest BCUT2D eigenvalue weighted by molar-refractivity contribution is 0.0940. The van der Waals surface area contributed by atoms with Gasteiger partial charge in [-0.15, -0.1) is 6.58 Å². The van der Waals surface area contributed by atoms with Crippen molar-refractivity contribution in [2.75, 3.05) is 11.9 Å². The maximum Gasteiger partial charge on any atom is 0.251 e. The first-order chi connectivity index (χ1) is 8.20. The van der Waals surface area contributed by atoms with Crippen molar-refractivity contribution in [1.29, 1.82) is 0 Å². The Kier molecular flexibility index (Phi) is 3.47. The van der Waals surface area contributed by atoms with Crippen molar-refractivity contribution < 1.29 is 4.79 Å². The largest absolute Gasteiger partial charge is 0.384 e. The summed E-state index contributed by atoms with van der Waals surface area (Å²) in [5.41, 5.74) is 3.12. The minimum absolute atomic E-state index is 0.00551. The van der Waals surface area contributed by atoms with Crippen molar-refractivity contribution in [1.82, 2.24) is 5.32 Å². The fourth-order valence-electron chi connectivity index (χ4n) is 2.06. The number of fused-ring (bicyclic) bond motifs is 1. The molecular formula is C14H18N2O. The monoisotopic (exact) mass is 230 g/mol. The molecule has 0 aliphatic carbocycles. The second-order valence-corrected chi connectivity index (χ2v) is 4.45. The molecule has 0 saturated heterocycles. The molecule has 1 unspecified atom stereocenters. The van der Waals surface area contributed by atoms with Crippen molar-refractivity contribution in [2.45, 2.75) is 25.8 Å². The molecular weight excluding hydrogens is 212 g/mol. The minimum atomic E-state index is -0.00551. The van der Waals surface area contributed by atoms with E-state index in [0.29, 0.717) is 0 Å². The van der Waals surface area contributed by atoms with Crippen LogP contribution in [0.25, 0.3) is 0 Å². The predicted octanol–water partition coefficient (Wildman–Crippen LogP) is 2.35. The zero-order valence-corrected chi connectivity index (χ0v) is 10.1. The summed E-state index contributed by atoms with van der Waals surface area (Å²) in [5.74, 6) is -0.00551. The highest BCUT2D eigenvalue weighted by Gasteiger charge is 2.14. The Hall–Kier alpha value is -1.77. The lowest BCUT2D eigenvalue weighted by Crippen LogP contribution is -2.32. The smallest absolute Gasteiger partial charge is 0.251 e. The number of hydrogen-bond acceptors (Lipinski definition) is 2. The number of anilines is 1. The first-order valence-electron chi connectivity index (χ1n) is 5.99. The second kappa shape index (κ2) is 5.04.